The van der Waals surface area contributed by atoms with Crippen LogP contribution >= 0.6 is 0 Å². The number of nitrogens with zero attached hydrogens (tertiary/aromatic N) is 2. The van der Waals surface area contributed by atoms with Crippen LogP contribution in [-0.4, -0.2) is 40.7 Å². The first-order valence-corrected chi connectivity index (χ1v) is 9.47. The van der Waals surface area contributed by atoms with E-state index >= 15 is 0 Å². The third-order valence-electron chi connectivity index (χ3n) is 5.78. The second-order valence-corrected chi connectivity index (χ2v) is 7.87. The van der Waals surface area contributed by atoms with Crippen LogP contribution in [0.1, 0.15) is 31.4 Å². The topological polar surface area (TPSA) is 45.6 Å². The van der Waals surface area contributed by atoms with Crippen LogP contribution in [-0.2, 0) is 0 Å². The number of hydrogen-bond donors (Lipinski definition) is 1. The first-order chi connectivity index (χ1) is 13.0. The number of hydrogen-bond acceptors (Lipinski definition) is 4. The van der Waals surface area contributed by atoms with Crippen LogP contribution < -0.4 is 4.74 Å². The maximum Gasteiger partial charge on any atom is 0.162 e. The van der Waals surface area contributed by atoms with Gasteiger partial charge in [0, 0.05) is 37.3 Å². The van der Waals surface area contributed by atoms with E-state index in [-0.39, 0.29) is 11.9 Å². The molecular formula is C21H24F2N2O2. The van der Waals surface area contributed by atoms with Crippen molar-refractivity contribution in [3.63, 3.8) is 0 Å². The Labute approximate surface area is 157 Å². The highest BCUT2D eigenvalue weighted by atomic mass is 19.2. The molecule has 2 heterocycles. The number of aromatic nitrogens is 1. The molecule has 4 nitrogen and oxygen atoms in total. The molecule has 1 N–H and O–H groups in total. The van der Waals surface area contributed by atoms with Crippen molar-refractivity contribution in [1.29, 1.82) is 0 Å². The third kappa shape index (κ3) is 4.05. The summed E-state index contributed by atoms with van der Waals surface area (Å²) >= 11 is 0. The minimum Gasteiger partial charge on any atom is -0.506 e. The number of pyridine rings is 1. The quantitative estimate of drug-likeness (QED) is 0.861. The molecule has 1 aliphatic carbocycles. The van der Waals surface area contributed by atoms with Gasteiger partial charge in [-0.2, -0.15) is 0 Å². The van der Waals surface area contributed by atoms with Crippen LogP contribution in [0.25, 0.3) is 0 Å². The lowest BCUT2D eigenvalue weighted by molar-refractivity contribution is 0.183. The SMILES string of the molecule is CC(CN1C[C@H]2C[C@@H](Oc3ccc(F)c(F)c3)C[C@H]2C1)c1ccc(O)cn1. The van der Waals surface area contributed by atoms with Crippen LogP contribution in [0.5, 0.6) is 11.5 Å². The molecule has 0 amide bonds. The predicted octanol–water partition coefficient (Wildman–Crippen LogP) is 3.96. The number of benzene rings is 1. The highest BCUT2D eigenvalue weighted by Gasteiger charge is 2.42. The van der Waals surface area contributed by atoms with Gasteiger partial charge in [-0.15, -0.1) is 0 Å². The summed E-state index contributed by atoms with van der Waals surface area (Å²) in [4.78, 5) is 6.79. The van der Waals surface area contributed by atoms with E-state index in [9.17, 15) is 13.9 Å². The Bertz CT molecular complexity index is 785. The maximum atomic E-state index is 13.3. The van der Waals surface area contributed by atoms with Gasteiger partial charge in [0.2, 0.25) is 0 Å². The van der Waals surface area contributed by atoms with E-state index in [1.807, 2.05) is 6.07 Å². The van der Waals surface area contributed by atoms with Gasteiger partial charge in [-0.1, -0.05) is 6.92 Å². The Hall–Kier alpha value is -2.21. The molecule has 27 heavy (non-hydrogen) atoms. The summed E-state index contributed by atoms with van der Waals surface area (Å²) in [6, 6.07) is 7.29. The summed E-state index contributed by atoms with van der Waals surface area (Å²) in [7, 11) is 0. The molecule has 6 heteroatoms. The smallest absolute Gasteiger partial charge is 0.162 e. The maximum absolute atomic E-state index is 13.3. The summed E-state index contributed by atoms with van der Waals surface area (Å²) in [5, 5.41) is 9.37. The summed E-state index contributed by atoms with van der Waals surface area (Å²) in [6.07, 6.45) is 3.46. The van der Waals surface area contributed by atoms with E-state index in [1.165, 1.54) is 12.3 Å². The molecule has 4 atom stereocenters. The van der Waals surface area contributed by atoms with Crippen molar-refractivity contribution in [3.8, 4) is 11.5 Å². The number of halogens is 2. The van der Waals surface area contributed by atoms with Crippen LogP contribution in [0.2, 0.25) is 0 Å². The Morgan fingerprint density at radius 2 is 1.89 bits per heavy atom. The molecule has 0 bridgehead atoms. The average molecular weight is 374 g/mol. The van der Waals surface area contributed by atoms with Crippen molar-refractivity contribution in [1.82, 2.24) is 9.88 Å². The molecule has 0 radical (unpaired) electrons. The molecule has 1 saturated carbocycles. The second kappa shape index (κ2) is 7.43. The summed E-state index contributed by atoms with van der Waals surface area (Å²) in [5.41, 5.74) is 0.990. The molecule has 144 valence electrons. The molecule has 2 aliphatic rings. The molecule has 4 rings (SSSR count). The van der Waals surface area contributed by atoms with Gasteiger partial charge in [0.15, 0.2) is 11.6 Å². The molecule has 1 aliphatic heterocycles. The fraction of sp³-hybridized carbons (Fsp3) is 0.476. The van der Waals surface area contributed by atoms with Crippen LogP contribution in [0.15, 0.2) is 36.5 Å². The van der Waals surface area contributed by atoms with E-state index in [1.54, 1.807) is 6.07 Å². The number of aromatic hydroxyl groups is 1. The van der Waals surface area contributed by atoms with Crippen molar-refractivity contribution in [3.05, 3.63) is 53.9 Å². The normalized spacial score (nSPS) is 26.1. The highest BCUT2D eigenvalue weighted by molar-refractivity contribution is 5.24. The van der Waals surface area contributed by atoms with Gasteiger partial charge in [-0.25, -0.2) is 8.78 Å². The lowest BCUT2D eigenvalue weighted by Gasteiger charge is -2.23. The Balaban J connectivity index is 1.29. The summed E-state index contributed by atoms with van der Waals surface area (Å²) in [5.74, 6) is 0.350. The van der Waals surface area contributed by atoms with Crippen LogP contribution in [0.4, 0.5) is 8.78 Å². The van der Waals surface area contributed by atoms with Gasteiger partial charge < -0.3 is 14.7 Å². The van der Waals surface area contributed by atoms with Gasteiger partial charge in [-0.05, 0) is 48.9 Å². The Morgan fingerprint density at radius 1 is 1.15 bits per heavy atom. The molecule has 0 spiro atoms. The van der Waals surface area contributed by atoms with Crippen LogP contribution in [0, 0.1) is 23.5 Å². The van der Waals surface area contributed by atoms with E-state index in [4.69, 9.17) is 4.74 Å². The fourth-order valence-electron chi connectivity index (χ4n) is 4.50. The minimum absolute atomic E-state index is 0.0724. The molecule has 2 fully saturated rings. The predicted molar refractivity (Wildman–Crippen MR) is 97.7 cm³/mol. The fourth-order valence-corrected chi connectivity index (χ4v) is 4.50. The minimum atomic E-state index is -0.867. The van der Waals surface area contributed by atoms with Crippen molar-refractivity contribution >= 4 is 0 Å². The zero-order chi connectivity index (χ0) is 19.0. The third-order valence-corrected chi connectivity index (χ3v) is 5.78. The number of rotatable bonds is 5. The number of ether oxygens (including phenoxy) is 1. The second-order valence-electron chi connectivity index (χ2n) is 7.87. The van der Waals surface area contributed by atoms with Crippen molar-refractivity contribution in [2.45, 2.75) is 31.8 Å². The molecular weight excluding hydrogens is 350 g/mol. The molecule has 1 aromatic carbocycles. The summed E-state index contributed by atoms with van der Waals surface area (Å²) in [6.45, 7) is 5.16. The first-order valence-electron chi connectivity index (χ1n) is 9.47. The first kappa shape index (κ1) is 18.2. The number of likely N-dealkylation sites (tertiary alicyclic amines) is 1. The zero-order valence-corrected chi connectivity index (χ0v) is 15.3. The van der Waals surface area contributed by atoms with Gasteiger partial charge in [0.25, 0.3) is 0 Å². The van der Waals surface area contributed by atoms with Crippen molar-refractivity contribution in [2.24, 2.45) is 11.8 Å². The van der Waals surface area contributed by atoms with Crippen molar-refractivity contribution in [2.75, 3.05) is 19.6 Å². The van der Waals surface area contributed by atoms with E-state index < -0.39 is 11.6 Å². The van der Waals surface area contributed by atoms with Crippen molar-refractivity contribution < 1.29 is 18.6 Å². The van der Waals surface area contributed by atoms with Gasteiger partial charge in [-0.3, -0.25) is 4.98 Å². The zero-order valence-electron chi connectivity index (χ0n) is 15.3. The highest BCUT2D eigenvalue weighted by Crippen LogP contribution is 2.40. The number of fused-ring (bicyclic) bond motifs is 1. The average Bonchev–Trinajstić information content (AvgIpc) is 3.16. The van der Waals surface area contributed by atoms with Gasteiger partial charge in [0.05, 0.1) is 12.3 Å². The summed E-state index contributed by atoms with van der Waals surface area (Å²) < 4.78 is 32.3. The molecule has 1 saturated heterocycles. The standard InChI is InChI=1S/C21H24F2N2O2/c1-13(21-5-2-16(26)9-24-21)10-25-11-14-6-18(7-15(14)12-25)27-17-3-4-19(22)20(23)8-17/h2-5,8-9,13-15,18,26H,6-7,10-12H2,1H3/t13?,14-,15+,18-. The molecule has 1 aromatic heterocycles. The van der Waals surface area contributed by atoms with Gasteiger partial charge in [0.1, 0.15) is 11.5 Å². The van der Waals surface area contributed by atoms with Crippen LogP contribution in [0.3, 0.4) is 0 Å². The van der Waals surface area contributed by atoms with E-state index in [2.05, 4.69) is 16.8 Å². The lowest BCUT2D eigenvalue weighted by Crippen LogP contribution is -2.28. The lowest BCUT2D eigenvalue weighted by atomic mass is 10.0. The van der Waals surface area contributed by atoms with Gasteiger partial charge >= 0.3 is 0 Å². The Morgan fingerprint density at radius 3 is 2.52 bits per heavy atom. The monoisotopic (exact) mass is 374 g/mol. The van der Waals surface area contributed by atoms with E-state index in [0.29, 0.717) is 23.5 Å². The molecule has 1 unspecified atom stereocenters. The van der Waals surface area contributed by atoms with E-state index in [0.717, 1.165) is 50.3 Å². The molecule has 2 aromatic rings. The largest absolute Gasteiger partial charge is 0.506 e. The Kier molecular flexibility index (Phi) is 5.00.